The summed E-state index contributed by atoms with van der Waals surface area (Å²) in [5.41, 5.74) is 0.802. The van der Waals surface area contributed by atoms with E-state index < -0.39 is 18.0 Å². The number of benzene rings is 1. The lowest BCUT2D eigenvalue weighted by molar-refractivity contribution is -0.120. The van der Waals surface area contributed by atoms with E-state index in [1.54, 1.807) is 24.3 Å². The Labute approximate surface area is 122 Å². The van der Waals surface area contributed by atoms with E-state index in [0.717, 1.165) is 0 Å². The minimum Gasteiger partial charge on any atom is -0.333 e. The predicted octanol–water partition coefficient (Wildman–Crippen LogP) is 1.49. The third-order valence-corrected chi connectivity index (χ3v) is 2.74. The summed E-state index contributed by atoms with van der Waals surface area (Å²) in [6, 6.07) is 5.19. The van der Waals surface area contributed by atoms with E-state index in [9.17, 15) is 14.4 Å². The summed E-state index contributed by atoms with van der Waals surface area (Å²) in [6.45, 7) is 5.63. The Morgan fingerprint density at radius 1 is 1.24 bits per heavy atom. The summed E-state index contributed by atoms with van der Waals surface area (Å²) in [6.07, 6.45) is 0. The predicted molar refractivity (Wildman–Crippen MR) is 77.8 cm³/mol. The fourth-order valence-electron chi connectivity index (χ4n) is 1.95. The van der Waals surface area contributed by atoms with E-state index in [1.807, 2.05) is 20.8 Å². The van der Waals surface area contributed by atoms with Gasteiger partial charge in [0.2, 0.25) is 0 Å². The van der Waals surface area contributed by atoms with E-state index in [0.29, 0.717) is 11.3 Å². The van der Waals surface area contributed by atoms with E-state index in [1.165, 1.54) is 0 Å². The molecule has 0 bridgehead atoms. The van der Waals surface area contributed by atoms with Crippen LogP contribution in [0, 0.1) is 0 Å². The minimum absolute atomic E-state index is 0.334. The third-order valence-electron chi connectivity index (χ3n) is 2.74. The molecule has 0 aliphatic carbocycles. The molecule has 1 aromatic rings. The molecular weight excluding hydrogens is 272 g/mol. The number of imide groups is 1. The van der Waals surface area contributed by atoms with E-state index in [-0.39, 0.29) is 11.6 Å². The van der Waals surface area contributed by atoms with Crippen molar-refractivity contribution >= 4 is 23.7 Å². The van der Waals surface area contributed by atoms with Crippen LogP contribution in [0.25, 0.3) is 0 Å². The second kappa shape index (κ2) is 5.43. The Hall–Kier alpha value is -2.57. The molecule has 1 saturated heterocycles. The molecule has 0 aromatic heterocycles. The Bertz CT molecular complexity index is 592. The maximum atomic E-state index is 11.8. The fraction of sp³-hybridized carbons (Fsp3) is 0.357. The molecule has 21 heavy (non-hydrogen) atoms. The van der Waals surface area contributed by atoms with E-state index in [2.05, 4.69) is 21.3 Å². The molecule has 0 saturated carbocycles. The number of nitrogens with one attached hydrogen (secondary N) is 4. The van der Waals surface area contributed by atoms with Gasteiger partial charge in [0, 0.05) is 11.2 Å². The van der Waals surface area contributed by atoms with Crippen molar-refractivity contribution in [1.29, 1.82) is 0 Å². The lowest BCUT2D eigenvalue weighted by atomic mass is 10.1. The Morgan fingerprint density at radius 3 is 2.52 bits per heavy atom. The SMILES string of the molecule is CC(C)(C)NC(=O)Nc1cccc(C2NC(=O)NC2=O)c1. The number of hydrogen-bond acceptors (Lipinski definition) is 3. The zero-order valence-electron chi connectivity index (χ0n) is 12.1. The van der Waals surface area contributed by atoms with Crippen LogP contribution in [0.1, 0.15) is 32.4 Å². The van der Waals surface area contributed by atoms with Crippen LogP contribution in [-0.4, -0.2) is 23.5 Å². The Kier molecular flexibility index (Phi) is 3.84. The molecule has 1 fully saturated rings. The highest BCUT2D eigenvalue weighted by atomic mass is 16.2. The normalized spacial score (nSPS) is 18.0. The molecule has 7 nitrogen and oxygen atoms in total. The van der Waals surface area contributed by atoms with Gasteiger partial charge >= 0.3 is 12.1 Å². The number of hydrogen-bond donors (Lipinski definition) is 4. The molecule has 112 valence electrons. The first-order chi connectivity index (χ1) is 9.74. The first-order valence-electron chi connectivity index (χ1n) is 6.55. The average molecular weight is 290 g/mol. The molecule has 1 aliphatic rings. The van der Waals surface area contributed by atoms with Gasteiger partial charge in [-0.15, -0.1) is 0 Å². The molecule has 4 N–H and O–H groups in total. The number of urea groups is 2. The van der Waals surface area contributed by atoms with Crippen molar-refractivity contribution in [3.05, 3.63) is 29.8 Å². The van der Waals surface area contributed by atoms with Gasteiger partial charge in [-0.05, 0) is 38.5 Å². The van der Waals surface area contributed by atoms with Gasteiger partial charge in [0.05, 0.1) is 0 Å². The molecular formula is C14H18N4O3. The fourth-order valence-corrected chi connectivity index (χ4v) is 1.95. The van der Waals surface area contributed by atoms with Gasteiger partial charge in [-0.2, -0.15) is 0 Å². The molecule has 1 aliphatic heterocycles. The van der Waals surface area contributed by atoms with Crippen molar-refractivity contribution in [2.75, 3.05) is 5.32 Å². The van der Waals surface area contributed by atoms with Gasteiger partial charge in [-0.3, -0.25) is 10.1 Å². The number of carbonyl (C=O) groups is 3. The minimum atomic E-state index is -0.732. The van der Waals surface area contributed by atoms with E-state index in [4.69, 9.17) is 0 Å². The second-order valence-corrected chi connectivity index (χ2v) is 5.85. The first-order valence-corrected chi connectivity index (χ1v) is 6.55. The standard InChI is InChI=1S/C14H18N4O3/c1-14(2,3)18-13(21)15-9-6-4-5-8(7-9)10-11(19)17-12(20)16-10/h4-7,10H,1-3H3,(H2,15,18,21)(H2,16,17,19,20). The summed E-state index contributed by atoms with van der Waals surface area (Å²) in [5.74, 6) is -0.406. The monoisotopic (exact) mass is 290 g/mol. The summed E-state index contributed by atoms with van der Waals surface area (Å²) in [7, 11) is 0. The summed E-state index contributed by atoms with van der Waals surface area (Å²) >= 11 is 0. The molecule has 5 amide bonds. The van der Waals surface area contributed by atoms with Crippen LogP contribution in [0.3, 0.4) is 0 Å². The Morgan fingerprint density at radius 2 is 1.95 bits per heavy atom. The van der Waals surface area contributed by atoms with Crippen molar-refractivity contribution in [3.8, 4) is 0 Å². The molecule has 0 spiro atoms. The number of rotatable bonds is 2. The lowest BCUT2D eigenvalue weighted by Gasteiger charge is -2.21. The quantitative estimate of drug-likeness (QED) is 0.621. The van der Waals surface area contributed by atoms with Crippen molar-refractivity contribution in [2.24, 2.45) is 0 Å². The van der Waals surface area contributed by atoms with Gasteiger partial charge in [0.25, 0.3) is 5.91 Å². The summed E-state index contributed by atoms with van der Waals surface area (Å²) < 4.78 is 0. The second-order valence-electron chi connectivity index (χ2n) is 5.85. The number of carbonyl (C=O) groups excluding carboxylic acids is 3. The van der Waals surface area contributed by atoms with Crippen LogP contribution in [0.15, 0.2) is 24.3 Å². The van der Waals surface area contributed by atoms with Gasteiger partial charge in [-0.25, -0.2) is 9.59 Å². The maximum Gasteiger partial charge on any atom is 0.322 e. The van der Waals surface area contributed by atoms with Crippen LogP contribution < -0.4 is 21.3 Å². The van der Waals surface area contributed by atoms with Gasteiger partial charge < -0.3 is 16.0 Å². The maximum absolute atomic E-state index is 11.8. The van der Waals surface area contributed by atoms with Gasteiger partial charge in [0.1, 0.15) is 6.04 Å². The van der Waals surface area contributed by atoms with Crippen LogP contribution >= 0.6 is 0 Å². The molecule has 1 unspecified atom stereocenters. The molecule has 2 rings (SSSR count). The Balaban J connectivity index is 2.10. The van der Waals surface area contributed by atoms with Gasteiger partial charge in [-0.1, -0.05) is 12.1 Å². The summed E-state index contributed by atoms with van der Waals surface area (Å²) in [4.78, 5) is 34.6. The molecule has 1 heterocycles. The lowest BCUT2D eigenvalue weighted by Crippen LogP contribution is -2.43. The zero-order valence-corrected chi connectivity index (χ0v) is 12.1. The van der Waals surface area contributed by atoms with Gasteiger partial charge in [0.15, 0.2) is 0 Å². The van der Waals surface area contributed by atoms with Crippen molar-refractivity contribution in [2.45, 2.75) is 32.4 Å². The molecule has 7 heteroatoms. The van der Waals surface area contributed by atoms with Crippen LogP contribution in [0.2, 0.25) is 0 Å². The van der Waals surface area contributed by atoms with E-state index >= 15 is 0 Å². The summed E-state index contributed by atoms with van der Waals surface area (Å²) in [5, 5.41) is 10.1. The van der Waals surface area contributed by atoms with Crippen molar-refractivity contribution in [3.63, 3.8) is 0 Å². The number of amides is 5. The molecule has 0 radical (unpaired) electrons. The smallest absolute Gasteiger partial charge is 0.322 e. The molecule has 1 aromatic carbocycles. The third kappa shape index (κ3) is 3.95. The highest BCUT2D eigenvalue weighted by molar-refractivity contribution is 6.04. The van der Waals surface area contributed by atoms with Crippen LogP contribution in [-0.2, 0) is 4.79 Å². The average Bonchev–Trinajstić information content (AvgIpc) is 2.66. The highest BCUT2D eigenvalue weighted by Gasteiger charge is 2.30. The zero-order chi connectivity index (χ0) is 15.6. The largest absolute Gasteiger partial charge is 0.333 e. The van der Waals surface area contributed by atoms with Crippen molar-refractivity contribution in [1.82, 2.24) is 16.0 Å². The van der Waals surface area contributed by atoms with Crippen molar-refractivity contribution < 1.29 is 14.4 Å². The van der Waals surface area contributed by atoms with Crippen LogP contribution in [0.5, 0.6) is 0 Å². The number of anilines is 1. The highest BCUT2D eigenvalue weighted by Crippen LogP contribution is 2.20. The first kappa shape index (κ1) is 14.8. The molecule has 1 atom stereocenters. The topological polar surface area (TPSA) is 99.3 Å². The van der Waals surface area contributed by atoms with Crippen LogP contribution in [0.4, 0.5) is 15.3 Å².